The van der Waals surface area contributed by atoms with E-state index >= 15 is 0 Å². The van der Waals surface area contributed by atoms with E-state index in [0.717, 1.165) is 5.57 Å². The van der Waals surface area contributed by atoms with E-state index < -0.39 is 40.2 Å². The molecule has 1 aromatic rings. The van der Waals surface area contributed by atoms with Crippen molar-refractivity contribution in [3.05, 3.63) is 85.5 Å². The van der Waals surface area contributed by atoms with Crippen LogP contribution in [0.2, 0.25) is 0 Å². The second-order valence-corrected chi connectivity index (χ2v) is 9.69. The summed E-state index contributed by atoms with van der Waals surface area (Å²) in [6.07, 6.45) is 7.09. The predicted octanol–water partition coefficient (Wildman–Crippen LogP) is 3.00. The van der Waals surface area contributed by atoms with Crippen molar-refractivity contribution in [2.75, 3.05) is 0 Å². The number of carbonyl (C=O) groups is 3. The van der Waals surface area contributed by atoms with E-state index in [1.165, 1.54) is 46.5 Å². The van der Waals surface area contributed by atoms with Gasteiger partial charge in [-0.2, -0.15) is 0 Å². The van der Waals surface area contributed by atoms with E-state index in [2.05, 4.69) is 5.32 Å². The third kappa shape index (κ3) is 4.95. The highest BCUT2D eigenvalue weighted by molar-refractivity contribution is 8.04. The minimum Gasteiger partial charge on any atom is -0.456 e. The van der Waals surface area contributed by atoms with Gasteiger partial charge in [0.05, 0.1) is 4.92 Å². The zero-order valence-electron chi connectivity index (χ0n) is 19.2. The molecule has 2 aliphatic heterocycles. The molecule has 1 aromatic carbocycles. The van der Waals surface area contributed by atoms with Gasteiger partial charge in [-0.05, 0) is 48.6 Å². The average Bonchev–Trinajstić information content (AvgIpc) is 2.90. The number of rotatable bonds is 7. The summed E-state index contributed by atoms with van der Waals surface area (Å²) in [6, 6.07) is 3.83. The largest absolute Gasteiger partial charge is 0.456 e. The molecule has 0 spiro atoms. The van der Waals surface area contributed by atoms with Gasteiger partial charge in [0.25, 0.3) is 11.6 Å². The Morgan fingerprint density at radius 2 is 2.08 bits per heavy atom. The van der Waals surface area contributed by atoms with Gasteiger partial charge < -0.3 is 15.8 Å². The topological polar surface area (TPSA) is 145 Å². The number of thioether (sulfide) groups is 1. The molecule has 1 saturated heterocycles. The average molecular weight is 531 g/mol. The number of nitrogens with one attached hydrogen (secondary N) is 1. The van der Waals surface area contributed by atoms with Crippen molar-refractivity contribution in [2.45, 2.75) is 43.8 Å². The zero-order valence-corrected chi connectivity index (χ0v) is 20.8. The summed E-state index contributed by atoms with van der Waals surface area (Å²) in [5.74, 6) is -1.68. The molecule has 188 valence electrons. The first-order valence-electron chi connectivity index (χ1n) is 11.0. The normalized spacial score (nSPS) is 23.0. The molecule has 3 atom stereocenters. The Morgan fingerprint density at radius 3 is 2.69 bits per heavy atom. The predicted molar refractivity (Wildman–Crippen MR) is 134 cm³/mol. The van der Waals surface area contributed by atoms with Crippen LogP contribution in [0.25, 0.3) is 0 Å². The van der Waals surface area contributed by atoms with E-state index in [9.17, 15) is 24.5 Å². The van der Waals surface area contributed by atoms with Gasteiger partial charge in [-0.25, -0.2) is 4.79 Å². The summed E-state index contributed by atoms with van der Waals surface area (Å²) in [5.41, 5.74) is 9.16. The molecule has 0 bridgehead atoms. The zero-order chi connectivity index (χ0) is 26.0. The lowest BCUT2D eigenvalue weighted by Crippen LogP contribution is -2.71. The van der Waals surface area contributed by atoms with E-state index in [4.69, 9.17) is 22.1 Å². The molecule has 2 heterocycles. The summed E-state index contributed by atoms with van der Waals surface area (Å²) in [7, 11) is 0. The fourth-order valence-electron chi connectivity index (χ4n) is 4.05. The monoisotopic (exact) mass is 530 g/mol. The second kappa shape index (κ2) is 10.7. The molecule has 2 amide bonds. The van der Waals surface area contributed by atoms with Crippen molar-refractivity contribution in [3.8, 4) is 0 Å². The molecular weight excluding hydrogens is 508 g/mol. The van der Waals surface area contributed by atoms with Crippen LogP contribution in [0, 0.1) is 10.1 Å². The Bertz CT molecular complexity index is 1240. The van der Waals surface area contributed by atoms with Crippen molar-refractivity contribution >= 4 is 46.8 Å². The van der Waals surface area contributed by atoms with Crippen molar-refractivity contribution in [2.24, 2.45) is 5.73 Å². The first-order chi connectivity index (χ1) is 17.2. The van der Waals surface area contributed by atoms with E-state index in [-0.39, 0.29) is 18.0 Å². The van der Waals surface area contributed by atoms with Gasteiger partial charge in [-0.1, -0.05) is 41.6 Å². The number of nitro groups is 1. The Labute approximate surface area is 216 Å². The molecule has 3 unspecified atom stereocenters. The Balaban J connectivity index is 1.46. The van der Waals surface area contributed by atoms with Crippen molar-refractivity contribution in [3.63, 3.8) is 0 Å². The number of halogens is 1. The summed E-state index contributed by atoms with van der Waals surface area (Å²) in [4.78, 5) is 51.0. The lowest BCUT2D eigenvalue weighted by molar-refractivity contribution is -0.384. The van der Waals surface area contributed by atoms with Gasteiger partial charge in [0.15, 0.2) is 0 Å². The number of nitrogens with two attached hydrogens (primary N) is 1. The fourth-order valence-corrected chi connectivity index (χ4v) is 5.58. The highest BCUT2D eigenvalue weighted by Gasteiger charge is 2.55. The van der Waals surface area contributed by atoms with Crippen molar-refractivity contribution < 1.29 is 24.0 Å². The number of β-lactam (4-membered cyclic amide) rings is 1. The number of nitrogens with zero attached hydrogens (tertiary/aromatic N) is 2. The Morgan fingerprint density at radius 1 is 1.36 bits per heavy atom. The molecule has 0 saturated carbocycles. The lowest BCUT2D eigenvalue weighted by atomic mass is 9.97. The van der Waals surface area contributed by atoms with E-state index in [1.807, 2.05) is 18.2 Å². The van der Waals surface area contributed by atoms with Gasteiger partial charge in [-0.15, -0.1) is 0 Å². The summed E-state index contributed by atoms with van der Waals surface area (Å²) < 4.78 is 5.40. The molecule has 0 aromatic heterocycles. The van der Waals surface area contributed by atoms with Gasteiger partial charge in [0.2, 0.25) is 5.91 Å². The highest BCUT2D eigenvalue weighted by atomic mass is 35.5. The number of carbonyl (C=O) groups excluding carboxylic acids is 3. The molecule has 10 nitrogen and oxygen atoms in total. The quantitative estimate of drug-likeness (QED) is 0.180. The minimum atomic E-state index is -0.884. The van der Waals surface area contributed by atoms with Crippen LogP contribution < -0.4 is 11.1 Å². The number of allylic oxidation sites excluding steroid dienone is 4. The summed E-state index contributed by atoms with van der Waals surface area (Å²) >= 11 is 7.24. The van der Waals surface area contributed by atoms with Crippen LogP contribution in [0.15, 0.2) is 69.8 Å². The van der Waals surface area contributed by atoms with Gasteiger partial charge in [0, 0.05) is 22.6 Å². The highest BCUT2D eigenvalue weighted by Crippen LogP contribution is 2.46. The molecule has 3 N–H and O–H groups in total. The number of benzene rings is 1. The third-order valence-electron chi connectivity index (χ3n) is 6.08. The number of ether oxygens (including phenoxy) is 1. The SMILES string of the molecule is CC1=C(C(=O)OCc2ccc([N+](=O)[O-])cc2)N2C(=O)C(NC(=O)C(N)C3=CCC=CC3)C2S/C1=C\Cl. The Kier molecular flexibility index (Phi) is 7.62. The molecule has 4 rings (SSSR count). The van der Waals surface area contributed by atoms with Crippen LogP contribution in [0.1, 0.15) is 25.3 Å². The third-order valence-corrected chi connectivity index (χ3v) is 7.83. The molecule has 36 heavy (non-hydrogen) atoms. The summed E-state index contributed by atoms with van der Waals surface area (Å²) in [6.45, 7) is 1.50. The molecule has 0 radical (unpaired) electrons. The fraction of sp³-hybridized carbons (Fsp3) is 0.292. The van der Waals surface area contributed by atoms with E-state index in [1.54, 1.807) is 6.92 Å². The van der Waals surface area contributed by atoms with Crippen LogP contribution in [0.4, 0.5) is 5.69 Å². The molecule has 1 fully saturated rings. The van der Waals surface area contributed by atoms with Crippen LogP contribution in [-0.4, -0.2) is 45.1 Å². The first kappa shape index (κ1) is 25.7. The second-order valence-electron chi connectivity index (χ2n) is 8.32. The standard InChI is InChI=1S/C24H23ClN4O6S/c1-13-17(11-25)36-23-19(27-21(30)18(26)15-5-3-2-4-6-15)22(31)28(23)20(13)24(32)35-12-14-7-9-16(10-8-14)29(33)34/h2-3,6-11,18-19,23H,4-5,12,26H2,1H3,(H,27,30)/b17-11-. The molecular formula is C24H23ClN4O6S. The maximum Gasteiger partial charge on any atom is 0.355 e. The van der Waals surface area contributed by atoms with Crippen LogP contribution >= 0.6 is 23.4 Å². The van der Waals surface area contributed by atoms with Gasteiger partial charge in [-0.3, -0.25) is 24.6 Å². The first-order valence-corrected chi connectivity index (χ1v) is 12.4. The smallest absolute Gasteiger partial charge is 0.355 e. The van der Waals surface area contributed by atoms with Gasteiger partial charge in [0.1, 0.15) is 29.8 Å². The number of fused-ring (bicyclic) bond motifs is 1. The number of nitro benzene ring substituents is 1. The van der Waals surface area contributed by atoms with E-state index in [0.29, 0.717) is 28.9 Å². The number of hydrogen-bond donors (Lipinski definition) is 2. The maximum absolute atomic E-state index is 13.0. The molecule has 3 aliphatic rings. The van der Waals surface area contributed by atoms with Crippen molar-refractivity contribution in [1.29, 1.82) is 0 Å². The van der Waals surface area contributed by atoms with Crippen LogP contribution in [0.3, 0.4) is 0 Å². The van der Waals surface area contributed by atoms with Gasteiger partial charge >= 0.3 is 5.97 Å². The lowest BCUT2D eigenvalue weighted by Gasteiger charge is -2.50. The summed E-state index contributed by atoms with van der Waals surface area (Å²) in [5, 5.41) is 12.9. The number of esters is 1. The molecule has 1 aliphatic carbocycles. The minimum absolute atomic E-state index is 0.0347. The van der Waals surface area contributed by atoms with Crippen molar-refractivity contribution in [1.82, 2.24) is 10.2 Å². The number of hydrogen-bond acceptors (Lipinski definition) is 8. The molecule has 12 heteroatoms. The number of amides is 2. The maximum atomic E-state index is 13.0. The number of non-ortho nitro benzene ring substituents is 1. The van der Waals surface area contributed by atoms with Crippen LogP contribution in [0.5, 0.6) is 0 Å². The van der Waals surface area contributed by atoms with Crippen LogP contribution in [-0.2, 0) is 25.7 Å². The Hall–Kier alpha value is -3.41.